The van der Waals surface area contributed by atoms with Crippen molar-refractivity contribution in [2.24, 2.45) is 5.73 Å². The van der Waals surface area contributed by atoms with E-state index >= 15 is 0 Å². The first-order valence-electron chi connectivity index (χ1n) is 3.70. The van der Waals surface area contributed by atoms with Crippen LogP contribution >= 0.6 is 11.6 Å². The van der Waals surface area contributed by atoms with Gasteiger partial charge in [0.05, 0.1) is 5.69 Å². The molecule has 0 atom stereocenters. The molecule has 0 bridgehead atoms. The monoisotopic (exact) mass is 206 g/mol. The average Bonchev–Trinajstić information content (AvgIpc) is 2.09. The average molecular weight is 207 g/mol. The second-order valence-corrected chi connectivity index (χ2v) is 3.01. The molecule has 5 heteroatoms. The lowest BCUT2D eigenvalue weighted by Gasteiger charge is -2.07. The topological polar surface area (TPSA) is 38.9 Å². The standard InChI is InChI=1S/C8H9ClF2N2/c1-4-5(9)2-6(8(10)11)13-7(4)3-12/h2,8H,3,12H2,1H3. The van der Waals surface area contributed by atoms with Gasteiger partial charge >= 0.3 is 0 Å². The van der Waals surface area contributed by atoms with Gasteiger partial charge in [-0.05, 0) is 18.6 Å². The van der Waals surface area contributed by atoms with Crippen LogP contribution in [0.15, 0.2) is 6.07 Å². The minimum Gasteiger partial charge on any atom is -0.325 e. The molecule has 1 aromatic heterocycles. The van der Waals surface area contributed by atoms with Crippen LogP contribution in [0.5, 0.6) is 0 Å². The first kappa shape index (κ1) is 10.3. The highest BCUT2D eigenvalue weighted by atomic mass is 35.5. The lowest BCUT2D eigenvalue weighted by atomic mass is 10.2. The van der Waals surface area contributed by atoms with Gasteiger partial charge in [0.15, 0.2) is 0 Å². The van der Waals surface area contributed by atoms with E-state index in [1.54, 1.807) is 6.92 Å². The lowest BCUT2D eigenvalue weighted by molar-refractivity contribution is 0.146. The highest BCUT2D eigenvalue weighted by molar-refractivity contribution is 6.31. The van der Waals surface area contributed by atoms with Crippen LogP contribution in [0, 0.1) is 6.92 Å². The molecule has 13 heavy (non-hydrogen) atoms. The largest absolute Gasteiger partial charge is 0.325 e. The fourth-order valence-corrected chi connectivity index (χ4v) is 1.18. The Hall–Kier alpha value is -0.740. The molecule has 1 rings (SSSR count). The predicted molar refractivity (Wildman–Crippen MR) is 46.8 cm³/mol. The third-order valence-electron chi connectivity index (χ3n) is 1.75. The maximum atomic E-state index is 12.2. The molecule has 0 amide bonds. The van der Waals surface area contributed by atoms with Crippen molar-refractivity contribution in [1.29, 1.82) is 0 Å². The maximum Gasteiger partial charge on any atom is 0.280 e. The van der Waals surface area contributed by atoms with E-state index in [9.17, 15) is 8.78 Å². The highest BCUT2D eigenvalue weighted by Crippen LogP contribution is 2.24. The normalized spacial score (nSPS) is 10.9. The van der Waals surface area contributed by atoms with Crippen LogP contribution in [0.25, 0.3) is 0 Å². The van der Waals surface area contributed by atoms with Crippen LogP contribution in [0.3, 0.4) is 0 Å². The summed E-state index contributed by atoms with van der Waals surface area (Å²) in [6, 6.07) is 1.17. The van der Waals surface area contributed by atoms with E-state index in [0.717, 1.165) is 0 Å². The summed E-state index contributed by atoms with van der Waals surface area (Å²) in [4.78, 5) is 3.69. The number of nitrogens with two attached hydrogens (primary N) is 1. The molecule has 0 unspecified atom stereocenters. The van der Waals surface area contributed by atoms with Gasteiger partial charge in [-0.2, -0.15) is 0 Å². The predicted octanol–water partition coefficient (Wildman–Crippen LogP) is 2.44. The van der Waals surface area contributed by atoms with Crippen molar-refractivity contribution >= 4 is 11.6 Å². The van der Waals surface area contributed by atoms with E-state index in [1.165, 1.54) is 6.07 Å². The summed E-state index contributed by atoms with van der Waals surface area (Å²) in [5, 5.41) is 0.283. The van der Waals surface area contributed by atoms with Crippen molar-refractivity contribution in [2.45, 2.75) is 19.9 Å². The molecule has 0 saturated carbocycles. The van der Waals surface area contributed by atoms with Crippen LogP contribution in [0.1, 0.15) is 23.4 Å². The Morgan fingerprint density at radius 3 is 2.69 bits per heavy atom. The molecule has 72 valence electrons. The number of hydrogen-bond donors (Lipinski definition) is 1. The highest BCUT2D eigenvalue weighted by Gasteiger charge is 2.13. The molecule has 0 aliphatic rings. The molecule has 0 aromatic carbocycles. The van der Waals surface area contributed by atoms with Crippen molar-refractivity contribution in [3.63, 3.8) is 0 Å². The molecule has 2 nitrogen and oxygen atoms in total. The summed E-state index contributed by atoms with van der Waals surface area (Å²) in [5.41, 5.74) is 6.08. The molecule has 0 radical (unpaired) electrons. The Bertz CT molecular complexity index is 315. The van der Waals surface area contributed by atoms with Gasteiger partial charge in [-0.15, -0.1) is 0 Å². The zero-order valence-electron chi connectivity index (χ0n) is 7.02. The molecule has 0 spiro atoms. The van der Waals surface area contributed by atoms with E-state index in [-0.39, 0.29) is 17.3 Å². The molecule has 0 fully saturated rings. The van der Waals surface area contributed by atoms with Crippen LogP contribution in [0.2, 0.25) is 5.02 Å². The molecule has 0 aliphatic heterocycles. The van der Waals surface area contributed by atoms with E-state index in [1.807, 2.05) is 0 Å². The smallest absolute Gasteiger partial charge is 0.280 e. The molecule has 0 aliphatic carbocycles. The lowest BCUT2D eigenvalue weighted by Crippen LogP contribution is -2.05. The van der Waals surface area contributed by atoms with Gasteiger partial charge in [0.2, 0.25) is 0 Å². The van der Waals surface area contributed by atoms with Gasteiger partial charge in [0.1, 0.15) is 5.69 Å². The van der Waals surface area contributed by atoms with Crippen molar-refractivity contribution in [1.82, 2.24) is 4.98 Å². The number of nitrogens with zero attached hydrogens (tertiary/aromatic N) is 1. The van der Waals surface area contributed by atoms with Crippen molar-refractivity contribution in [2.75, 3.05) is 0 Å². The van der Waals surface area contributed by atoms with Gasteiger partial charge in [0.25, 0.3) is 6.43 Å². The number of rotatable bonds is 2. The van der Waals surface area contributed by atoms with Crippen LogP contribution in [-0.4, -0.2) is 4.98 Å². The number of alkyl halides is 2. The van der Waals surface area contributed by atoms with Crippen LogP contribution in [-0.2, 0) is 6.54 Å². The van der Waals surface area contributed by atoms with Gasteiger partial charge < -0.3 is 5.73 Å². The summed E-state index contributed by atoms with van der Waals surface area (Å²) < 4.78 is 24.5. The first-order chi connectivity index (χ1) is 6.06. The Kier molecular flexibility index (Phi) is 3.17. The Balaban J connectivity index is 3.22. The van der Waals surface area contributed by atoms with Gasteiger partial charge in [-0.3, -0.25) is 4.98 Å². The quantitative estimate of drug-likeness (QED) is 0.807. The van der Waals surface area contributed by atoms with E-state index in [2.05, 4.69) is 4.98 Å². The molecular formula is C8H9ClF2N2. The first-order valence-corrected chi connectivity index (χ1v) is 4.08. The van der Waals surface area contributed by atoms with Crippen molar-refractivity contribution < 1.29 is 8.78 Å². The molecule has 1 heterocycles. The van der Waals surface area contributed by atoms with E-state index < -0.39 is 6.43 Å². The van der Waals surface area contributed by atoms with Crippen LogP contribution < -0.4 is 5.73 Å². The zero-order chi connectivity index (χ0) is 10.0. The van der Waals surface area contributed by atoms with Gasteiger partial charge in [0, 0.05) is 11.6 Å². The van der Waals surface area contributed by atoms with Crippen molar-refractivity contribution in [3.8, 4) is 0 Å². The minimum absolute atomic E-state index is 0.117. The second kappa shape index (κ2) is 3.98. The third kappa shape index (κ3) is 2.14. The Morgan fingerprint density at radius 1 is 1.62 bits per heavy atom. The maximum absolute atomic E-state index is 12.2. The molecule has 2 N–H and O–H groups in total. The number of aromatic nitrogens is 1. The summed E-state index contributed by atoms with van der Waals surface area (Å²) in [5.74, 6) is 0. The fourth-order valence-electron chi connectivity index (χ4n) is 0.958. The minimum atomic E-state index is -2.61. The SMILES string of the molecule is Cc1c(Cl)cc(C(F)F)nc1CN. The number of halogens is 3. The summed E-state index contributed by atoms with van der Waals surface area (Å²) >= 11 is 5.71. The Labute approximate surface area is 79.7 Å². The third-order valence-corrected chi connectivity index (χ3v) is 2.14. The summed E-state index contributed by atoms with van der Waals surface area (Å²) in [6.07, 6.45) is -2.61. The van der Waals surface area contributed by atoms with Crippen LogP contribution in [0.4, 0.5) is 8.78 Å². The van der Waals surface area contributed by atoms with E-state index in [0.29, 0.717) is 11.3 Å². The Morgan fingerprint density at radius 2 is 2.23 bits per heavy atom. The molecule has 1 aromatic rings. The molecule has 0 saturated heterocycles. The number of hydrogen-bond acceptors (Lipinski definition) is 2. The van der Waals surface area contributed by atoms with Gasteiger partial charge in [-0.1, -0.05) is 11.6 Å². The van der Waals surface area contributed by atoms with Gasteiger partial charge in [-0.25, -0.2) is 8.78 Å². The second-order valence-electron chi connectivity index (χ2n) is 2.61. The summed E-state index contributed by atoms with van der Waals surface area (Å²) in [6.45, 7) is 1.82. The number of pyridine rings is 1. The van der Waals surface area contributed by atoms with Crippen molar-refractivity contribution in [3.05, 3.63) is 28.0 Å². The fraction of sp³-hybridized carbons (Fsp3) is 0.375. The molecular weight excluding hydrogens is 198 g/mol. The summed E-state index contributed by atoms with van der Waals surface area (Å²) in [7, 11) is 0. The zero-order valence-corrected chi connectivity index (χ0v) is 7.78. The van der Waals surface area contributed by atoms with E-state index in [4.69, 9.17) is 17.3 Å².